The second-order valence-electron chi connectivity index (χ2n) is 6.14. The number of fused-ring (bicyclic) bond motifs is 1. The van der Waals surface area contributed by atoms with E-state index in [4.69, 9.17) is 4.74 Å². The molecular weight excluding hydrogens is 282 g/mol. The molecule has 2 aromatic carbocycles. The van der Waals surface area contributed by atoms with Gasteiger partial charge in [0.1, 0.15) is 11.4 Å². The predicted molar refractivity (Wildman–Crippen MR) is 86.2 cm³/mol. The average Bonchev–Trinajstić information content (AvgIpc) is 2.44. The molecule has 0 aliphatic rings. The van der Waals surface area contributed by atoms with Crippen LogP contribution >= 0.6 is 0 Å². The van der Waals surface area contributed by atoms with Gasteiger partial charge in [-0.1, -0.05) is 24.3 Å². The Morgan fingerprint density at radius 3 is 2.36 bits per heavy atom. The zero-order chi connectivity index (χ0) is 16.5. The maximum atomic E-state index is 12.2. The molecule has 0 unspecified atom stereocenters. The van der Waals surface area contributed by atoms with E-state index in [1.165, 1.54) is 11.0 Å². The van der Waals surface area contributed by atoms with E-state index in [1.807, 2.05) is 6.07 Å². The van der Waals surface area contributed by atoms with Gasteiger partial charge in [0, 0.05) is 24.1 Å². The fourth-order valence-corrected chi connectivity index (χ4v) is 2.30. The van der Waals surface area contributed by atoms with Gasteiger partial charge >= 0.3 is 6.09 Å². The average molecular weight is 303 g/mol. The van der Waals surface area contributed by atoms with Crippen molar-refractivity contribution in [3.8, 4) is 5.75 Å². The van der Waals surface area contributed by atoms with Crippen LogP contribution < -0.4 is 4.90 Å². The highest BCUT2D eigenvalue weighted by Gasteiger charge is 2.23. The van der Waals surface area contributed by atoms with Gasteiger partial charge in [-0.25, -0.2) is 4.79 Å². The number of aromatic hydroxyl groups is 1. The Hall–Kier alpha value is -2.27. The molecule has 0 aromatic heterocycles. The Morgan fingerprint density at radius 1 is 1.23 bits per heavy atom. The number of nitrogens with zero attached hydrogens (tertiary/aromatic N) is 1. The normalized spacial score (nSPS) is 11.5. The molecule has 5 heteroatoms. The highest BCUT2D eigenvalue weighted by molar-refractivity contribution is 5.99. The molecule has 2 N–H and O–H groups in total. The molecule has 22 heavy (non-hydrogen) atoms. The number of phenols is 1. The van der Waals surface area contributed by atoms with Crippen molar-refractivity contribution in [1.29, 1.82) is 0 Å². The van der Waals surface area contributed by atoms with Gasteiger partial charge in [-0.2, -0.15) is 0 Å². The number of carbonyl (C=O) groups is 1. The maximum absolute atomic E-state index is 12.2. The molecule has 1 amide bonds. The summed E-state index contributed by atoms with van der Waals surface area (Å²) in [5.74, 6) is 0.0539. The van der Waals surface area contributed by atoms with E-state index < -0.39 is 11.7 Å². The number of phenolic OH excluding ortho intramolecular Hbond substituents is 1. The number of aliphatic hydroxyl groups excluding tert-OH is 1. The van der Waals surface area contributed by atoms with E-state index in [-0.39, 0.29) is 12.4 Å². The molecule has 0 heterocycles. The van der Waals surface area contributed by atoms with Gasteiger partial charge in [-0.3, -0.25) is 4.90 Å². The van der Waals surface area contributed by atoms with Crippen LogP contribution in [0, 0.1) is 0 Å². The number of ether oxygens (including phenoxy) is 1. The van der Waals surface area contributed by atoms with Crippen molar-refractivity contribution in [2.45, 2.75) is 33.0 Å². The molecule has 0 saturated carbocycles. The highest BCUT2D eigenvalue weighted by Crippen LogP contribution is 2.35. The minimum absolute atomic E-state index is 0.0539. The predicted octanol–water partition coefficient (Wildman–Crippen LogP) is 3.41. The summed E-state index contributed by atoms with van der Waals surface area (Å²) in [7, 11) is 1.55. The van der Waals surface area contributed by atoms with Gasteiger partial charge in [-0.05, 0) is 26.2 Å². The Bertz CT molecular complexity index is 704. The number of anilines is 1. The first-order chi connectivity index (χ1) is 10.2. The molecule has 5 nitrogen and oxygen atoms in total. The fourth-order valence-electron chi connectivity index (χ4n) is 2.30. The standard InChI is InChI=1S/C17H21NO4/c1-17(2,3)22-16(21)18(4)14-9-15(20)12-8-6-5-7-11(12)13(14)10-19/h5-9,19-20H,10H2,1-4H3. The zero-order valence-corrected chi connectivity index (χ0v) is 13.3. The molecule has 0 atom stereocenters. The van der Waals surface area contributed by atoms with Crippen molar-refractivity contribution in [3.05, 3.63) is 35.9 Å². The molecule has 2 aromatic rings. The van der Waals surface area contributed by atoms with Crippen LogP contribution in [0.3, 0.4) is 0 Å². The van der Waals surface area contributed by atoms with Gasteiger partial charge in [0.25, 0.3) is 0 Å². The van der Waals surface area contributed by atoms with Gasteiger partial charge in [0.15, 0.2) is 0 Å². The van der Waals surface area contributed by atoms with Crippen molar-refractivity contribution in [1.82, 2.24) is 0 Å². The lowest BCUT2D eigenvalue weighted by Crippen LogP contribution is -2.34. The van der Waals surface area contributed by atoms with Crippen LogP contribution in [0.4, 0.5) is 10.5 Å². The van der Waals surface area contributed by atoms with Crippen LogP contribution in [-0.2, 0) is 11.3 Å². The van der Waals surface area contributed by atoms with Crippen molar-refractivity contribution in [2.75, 3.05) is 11.9 Å². The minimum Gasteiger partial charge on any atom is -0.507 e. The molecule has 2 rings (SSSR count). The van der Waals surface area contributed by atoms with Crippen LogP contribution in [-0.4, -0.2) is 29.0 Å². The quantitative estimate of drug-likeness (QED) is 0.892. The summed E-state index contributed by atoms with van der Waals surface area (Å²) < 4.78 is 5.33. The third-order valence-corrected chi connectivity index (χ3v) is 3.30. The number of benzene rings is 2. The van der Waals surface area contributed by atoms with Crippen molar-refractivity contribution < 1.29 is 19.7 Å². The van der Waals surface area contributed by atoms with E-state index in [1.54, 1.807) is 46.0 Å². The summed E-state index contributed by atoms with van der Waals surface area (Å²) in [6, 6.07) is 8.66. The first kappa shape index (κ1) is 16.1. The second-order valence-corrected chi connectivity index (χ2v) is 6.14. The summed E-state index contributed by atoms with van der Waals surface area (Å²) >= 11 is 0. The Labute approximate surface area is 129 Å². The highest BCUT2D eigenvalue weighted by atomic mass is 16.6. The van der Waals surface area contributed by atoms with Gasteiger partial charge in [-0.15, -0.1) is 0 Å². The van der Waals surface area contributed by atoms with E-state index in [0.29, 0.717) is 22.0 Å². The molecule has 0 aliphatic carbocycles. The van der Waals surface area contributed by atoms with Crippen LogP contribution in [0.1, 0.15) is 26.3 Å². The molecule has 118 valence electrons. The molecule has 0 spiro atoms. The van der Waals surface area contributed by atoms with Crippen molar-refractivity contribution >= 4 is 22.6 Å². The molecule has 0 aliphatic heterocycles. The zero-order valence-electron chi connectivity index (χ0n) is 13.3. The van der Waals surface area contributed by atoms with Crippen molar-refractivity contribution in [3.63, 3.8) is 0 Å². The summed E-state index contributed by atoms with van der Waals surface area (Å²) in [6.45, 7) is 5.10. The summed E-state index contributed by atoms with van der Waals surface area (Å²) in [6.07, 6.45) is -0.545. The third kappa shape index (κ3) is 3.14. The fraction of sp³-hybridized carbons (Fsp3) is 0.353. The molecule has 0 fully saturated rings. The maximum Gasteiger partial charge on any atom is 0.414 e. The lowest BCUT2D eigenvalue weighted by molar-refractivity contribution is 0.0589. The minimum atomic E-state index is -0.621. The lowest BCUT2D eigenvalue weighted by Gasteiger charge is -2.26. The van der Waals surface area contributed by atoms with E-state index in [9.17, 15) is 15.0 Å². The monoisotopic (exact) mass is 303 g/mol. The Kier molecular flexibility index (Phi) is 4.28. The third-order valence-electron chi connectivity index (χ3n) is 3.30. The molecule has 0 saturated heterocycles. The Balaban J connectivity index is 2.53. The number of hydrogen-bond donors (Lipinski definition) is 2. The van der Waals surface area contributed by atoms with Gasteiger partial charge < -0.3 is 14.9 Å². The van der Waals surface area contributed by atoms with Gasteiger partial charge in [0.2, 0.25) is 0 Å². The molecule has 0 radical (unpaired) electrons. The van der Waals surface area contributed by atoms with Crippen LogP contribution in [0.5, 0.6) is 5.75 Å². The van der Waals surface area contributed by atoms with Crippen LogP contribution in [0.25, 0.3) is 10.8 Å². The number of aliphatic hydroxyl groups is 1. The summed E-state index contributed by atoms with van der Waals surface area (Å²) in [5, 5.41) is 21.2. The summed E-state index contributed by atoms with van der Waals surface area (Å²) in [4.78, 5) is 13.5. The Morgan fingerprint density at radius 2 is 1.82 bits per heavy atom. The molecule has 0 bridgehead atoms. The summed E-state index contributed by atoms with van der Waals surface area (Å²) in [5.41, 5.74) is 0.374. The molecular formula is C17H21NO4. The second kappa shape index (κ2) is 5.85. The van der Waals surface area contributed by atoms with E-state index >= 15 is 0 Å². The smallest absolute Gasteiger partial charge is 0.414 e. The number of hydrogen-bond acceptors (Lipinski definition) is 4. The van der Waals surface area contributed by atoms with Crippen molar-refractivity contribution in [2.24, 2.45) is 0 Å². The number of carbonyl (C=O) groups excluding carboxylic acids is 1. The number of amides is 1. The lowest BCUT2D eigenvalue weighted by atomic mass is 10.0. The van der Waals surface area contributed by atoms with Crippen LogP contribution in [0.2, 0.25) is 0 Å². The van der Waals surface area contributed by atoms with Gasteiger partial charge in [0.05, 0.1) is 12.3 Å². The largest absolute Gasteiger partial charge is 0.507 e. The van der Waals surface area contributed by atoms with E-state index in [0.717, 1.165) is 0 Å². The number of rotatable bonds is 2. The van der Waals surface area contributed by atoms with E-state index in [2.05, 4.69) is 0 Å². The van der Waals surface area contributed by atoms with Crippen LogP contribution in [0.15, 0.2) is 30.3 Å². The SMILES string of the molecule is CN(C(=O)OC(C)(C)C)c1cc(O)c2ccccc2c1CO. The first-order valence-electron chi connectivity index (χ1n) is 7.05. The first-order valence-corrected chi connectivity index (χ1v) is 7.05. The topological polar surface area (TPSA) is 70.0 Å².